The van der Waals surface area contributed by atoms with Crippen LogP contribution in [0.2, 0.25) is 0 Å². The van der Waals surface area contributed by atoms with Gasteiger partial charge in [0.05, 0.1) is 39.5 Å². The van der Waals surface area contributed by atoms with Crippen LogP contribution in [-0.4, -0.2) is 238 Å². The largest absolute Gasteiger partial charge is 0.482 e. The summed E-state index contributed by atoms with van der Waals surface area (Å²) < 4.78 is 53.9. The highest BCUT2D eigenvalue weighted by Crippen LogP contribution is 2.49. The van der Waals surface area contributed by atoms with E-state index in [4.69, 9.17) is 47.7 Å². The van der Waals surface area contributed by atoms with Crippen molar-refractivity contribution in [2.75, 3.05) is 72.2 Å². The van der Waals surface area contributed by atoms with Gasteiger partial charge in [-0.05, 0) is 233 Å². The van der Waals surface area contributed by atoms with Crippen LogP contribution in [0.25, 0.3) is 67.8 Å². The lowest BCUT2D eigenvalue weighted by Crippen LogP contribution is -2.50. The van der Waals surface area contributed by atoms with Crippen molar-refractivity contribution in [1.29, 1.82) is 0 Å². The molecule has 2 amide bonds. The molecule has 36 heteroatoms. The number of para-hydroxylation sites is 4. The van der Waals surface area contributed by atoms with Gasteiger partial charge in [0.2, 0.25) is 17.5 Å². The van der Waals surface area contributed by atoms with Gasteiger partial charge < -0.3 is 68.2 Å². The predicted molar refractivity (Wildman–Crippen MR) is 553 cm³/mol. The number of nitrogens with zero attached hydrogens (tertiary/aromatic N) is 18. The van der Waals surface area contributed by atoms with Gasteiger partial charge in [0.15, 0.2) is 5.82 Å². The molecule has 12 aromatic rings. The van der Waals surface area contributed by atoms with E-state index in [1.165, 1.54) is 25.5 Å². The first kappa shape index (κ1) is 104. The molecule has 4 fully saturated rings. The summed E-state index contributed by atoms with van der Waals surface area (Å²) in [5.74, 6) is 4.37. The lowest BCUT2D eigenvalue weighted by Gasteiger charge is -2.43. The number of hydrogen-bond acceptors (Lipinski definition) is 29. The maximum Gasteiger partial charge on any atom is 0.410 e. The van der Waals surface area contributed by atoms with Gasteiger partial charge in [-0.1, -0.05) is 170 Å². The molecule has 4 saturated heterocycles. The Labute approximate surface area is 860 Å². The van der Waals surface area contributed by atoms with E-state index in [0.29, 0.717) is 166 Å². The van der Waals surface area contributed by atoms with Crippen molar-refractivity contribution in [2.24, 2.45) is 0 Å². The summed E-state index contributed by atoms with van der Waals surface area (Å²) in [6, 6.07) is 65.4. The van der Waals surface area contributed by atoms with Crippen molar-refractivity contribution in [3.8, 4) is 68.5 Å². The van der Waals surface area contributed by atoms with E-state index in [9.17, 15) is 28.8 Å². The molecule has 772 valence electrons. The number of ether oxygens (including phenoxy) is 9. The van der Waals surface area contributed by atoms with Gasteiger partial charge in [-0.25, -0.2) is 14.3 Å². The van der Waals surface area contributed by atoms with E-state index >= 15 is 0 Å². The van der Waals surface area contributed by atoms with Crippen molar-refractivity contribution in [3.05, 3.63) is 263 Å². The van der Waals surface area contributed by atoms with Gasteiger partial charge in [-0.3, -0.25) is 19.2 Å². The Morgan fingerprint density at radius 3 is 0.919 bits per heavy atom. The summed E-state index contributed by atoms with van der Waals surface area (Å²) in [6.07, 6.45) is 18.3. The fraction of sp³-hybridized carbons (Fsp3) is 0.411. The SMILES string of the molecule is CCOC(=O)CCCn1nnc(-c2ccc(C3=CC4(CCN(C(=O)OC(C)(C)C)CC4)Oc4ccccc43)cc2)n1.CCOC(=O)CCCn1nnc(-c2ccc(C3=CC4(CCNCC4)Oc4ccccc43)cc2)n1.CCOC(=O)CCCn1nnnc1-c1ccc(C2=CC3(CCN(C(=O)OC(C)(C)C)CC3)Oc3ccccc32)cc1.O=C(O)CCCn1nnc(-c2ccc(C3=CC4(CCNCC4)Oc4ccccc43)cc2)n1. The number of carbonyl (C=O) groups excluding carboxylic acids is 5. The average molecular weight is 2010 g/mol. The molecule has 8 aromatic carbocycles. The van der Waals surface area contributed by atoms with Crippen LogP contribution >= 0.6 is 0 Å². The number of carbonyl (C=O) groups is 6. The number of likely N-dealkylation sites (tertiary alicyclic amines) is 2. The van der Waals surface area contributed by atoms with Crippen molar-refractivity contribution in [1.82, 2.24) is 101 Å². The van der Waals surface area contributed by atoms with E-state index in [2.05, 4.69) is 182 Å². The number of esters is 3. The lowest BCUT2D eigenvalue weighted by atomic mass is 9.83. The summed E-state index contributed by atoms with van der Waals surface area (Å²) >= 11 is 0. The molecule has 20 rings (SSSR count). The molecule has 36 nitrogen and oxygen atoms in total. The third kappa shape index (κ3) is 26.3. The highest BCUT2D eigenvalue weighted by molar-refractivity contribution is 5.89. The summed E-state index contributed by atoms with van der Waals surface area (Å²) in [7, 11) is 0. The molecule has 0 bridgehead atoms. The monoisotopic (exact) mass is 2010 g/mol. The van der Waals surface area contributed by atoms with Gasteiger partial charge in [-0.15, -0.1) is 35.7 Å². The van der Waals surface area contributed by atoms with Crippen LogP contribution in [-0.2, 0) is 69.0 Å². The molecule has 4 aromatic heterocycles. The minimum absolute atomic E-state index is 0.0867. The van der Waals surface area contributed by atoms with Crippen LogP contribution in [0.3, 0.4) is 0 Å². The van der Waals surface area contributed by atoms with Crippen molar-refractivity contribution in [3.63, 3.8) is 0 Å². The molecule has 148 heavy (non-hydrogen) atoms. The van der Waals surface area contributed by atoms with Gasteiger partial charge >= 0.3 is 36.1 Å². The highest BCUT2D eigenvalue weighted by Gasteiger charge is 2.45. The van der Waals surface area contributed by atoms with Crippen LogP contribution in [0.4, 0.5) is 9.59 Å². The van der Waals surface area contributed by atoms with Crippen LogP contribution < -0.4 is 29.6 Å². The number of tetrazole rings is 4. The number of aromatic nitrogens is 16. The normalized spacial score (nSPS) is 16.3. The Hall–Kier alpha value is -15.5. The fourth-order valence-corrected chi connectivity index (χ4v) is 19.2. The molecular weight excluding hydrogens is 1880 g/mol. The summed E-state index contributed by atoms with van der Waals surface area (Å²) in [6.45, 7) is 25.8. The summed E-state index contributed by atoms with van der Waals surface area (Å²) in [5, 5.41) is 65.9. The number of carboxylic acids is 1. The quantitative estimate of drug-likeness (QED) is 0.0318. The van der Waals surface area contributed by atoms with Crippen LogP contribution in [0.5, 0.6) is 23.0 Å². The van der Waals surface area contributed by atoms with Crippen molar-refractivity contribution < 1.29 is 76.5 Å². The standard InChI is InChI=1S/2C31H37N5O5.C26H29N5O3.C24H25N5O3/c1-5-39-27(37)11-8-18-36-28(32-33-34-36)23-14-12-22(13-15-23)25-21-31(40-26-10-7-6-9-24(25)26)16-19-35(20-17-31)29(38)41-30(2,3)4;1-5-39-27(37)11-8-18-36-33-28(32-34-36)23-14-12-22(13-15-23)25-21-31(40-26-10-7-6-9-24(25)26)16-19-35(20-17-31)29(38)41-30(2,3)4;1-2-33-24(32)8-5-17-31-29-25(28-30-31)20-11-9-19(10-12-20)22-18-26(13-15-27-16-14-26)34-23-7-4-3-6-21(22)23;30-22(31)6-3-15-29-27-23(26-28-29)18-9-7-17(8-10-18)20-16-24(11-13-25-14-12-24)32-21-5-2-1-4-19(20)21/h2*6-7,9-10,12-15,21H,5,8,11,16-20H2,1-4H3;3-4,6-7,9-12,18,27H,2,5,8,13-17H2,1H3;1-2,4-5,7-10,16,25H,3,6,11-15H2,(H,30,31). The van der Waals surface area contributed by atoms with Crippen LogP contribution in [0.1, 0.15) is 210 Å². The number of rotatable bonds is 27. The van der Waals surface area contributed by atoms with Crippen LogP contribution in [0, 0.1) is 0 Å². The molecule has 0 aliphatic carbocycles. The second-order valence-electron chi connectivity index (χ2n) is 39.7. The smallest absolute Gasteiger partial charge is 0.410 e. The minimum Gasteiger partial charge on any atom is -0.482 e. The number of benzene rings is 8. The van der Waals surface area contributed by atoms with Gasteiger partial charge in [0.25, 0.3) is 0 Å². The topological polar surface area (TPSA) is 411 Å². The van der Waals surface area contributed by atoms with E-state index < -0.39 is 28.4 Å². The molecule has 0 unspecified atom stereocenters. The predicted octanol–water partition coefficient (Wildman–Crippen LogP) is 17.3. The second kappa shape index (κ2) is 46.9. The number of nitrogens with one attached hydrogen (secondary N) is 2. The first-order valence-corrected chi connectivity index (χ1v) is 51.2. The maximum atomic E-state index is 12.6. The Bertz CT molecular complexity index is 6760. The molecule has 8 aliphatic heterocycles. The fourth-order valence-electron chi connectivity index (χ4n) is 19.2. The number of aryl methyl sites for hydroxylation is 4. The van der Waals surface area contributed by atoms with Crippen molar-refractivity contribution in [2.45, 2.75) is 225 Å². The molecule has 0 atom stereocenters. The Balaban J connectivity index is 0.000000135. The average Bonchev–Trinajstić information content (AvgIpc) is 1.78. The van der Waals surface area contributed by atoms with E-state index in [1.807, 2.05) is 151 Å². The van der Waals surface area contributed by atoms with Gasteiger partial charge in [-0.2, -0.15) is 14.4 Å². The Morgan fingerprint density at radius 1 is 0.345 bits per heavy atom. The molecule has 12 heterocycles. The number of carboxylic acid groups (broad SMARTS) is 1. The zero-order chi connectivity index (χ0) is 103. The minimum atomic E-state index is -0.823. The number of amides is 2. The zero-order valence-electron chi connectivity index (χ0n) is 85.3. The van der Waals surface area contributed by atoms with Gasteiger partial charge in [0.1, 0.15) is 56.6 Å². The van der Waals surface area contributed by atoms with Crippen molar-refractivity contribution >= 4 is 58.4 Å². The third-order valence-corrected chi connectivity index (χ3v) is 26.6. The molecule has 0 radical (unpaired) electrons. The van der Waals surface area contributed by atoms with Crippen LogP contribution in [0.15, 0.2) is 218 Å². The Kier molecular flexibility index (Phi) is 33.0. The molecule has 4 spiro atoms. The first-order chi connectivity index (χ1) is 71.6. The molecule has 8 aliphatic rings. The number of piperidine rings is 4. The lowest BCUT2D eigenvalue weighted by molar-refractivity contribution is -0.144. The zero-order valence-corrected chi connectivity index (χ0v) is 85.3. The first-order valence-electron chi connectivity index (χ1n) is 51.2. The van der Waals surface area contributed by atoms with E-state index in [0.717, 1.165) is 153 Å². The van der Waals surface area contributed by atoms with Gasteiger partial charge in [0, 0.05) is 154 Å². The molecule has 0 saturated carbocycles. The second-order valence-corrected chi connectivity index (χ2v) is 39.7. The Morgan fingerprint density at radius 2 is 0.622 bits per heavy atom. The number of fused-ring (bicyclic) bond motifs is 4. The summed E-state index contributed by atoms with van der Waals surface area (Å²) in [4.78, 5) is 78.7. The molecular formula is C112H128N20O16. The number of aliphatic carboxylic acids is 1. The summed E-state index contributed by atoms with van der Waals surface area (Å²) in [5.41, 5.74) is 14.1. The maximum absolute atomic E-state index is 12.6. The highest BCUT2D eigenvalue weighted by atomic mass is 16.6. The van der Waals surface area contributed by atoms with E-state index in [1.54, 1.807) is 35.3 Å². The number of hydrogen-bond donors (Lipinski definition) is 3. The van der Waals surface area contributed by atoms with E-state index in [-0.39, 0.29) is 47.7 Å². The third-order valence-electron chi connectivity index (χ3n) is 26.6. The molecule has 3 N–H and O–H groups in total.